The molecule has 0 saturated carbocycles. The van der Waals surface area contributed by atoms with Crippen LogP contribution in [0.2, 0.25) is 0 Å². The number of nitrogens with one attached hydrogen (secondary N) is 2. The van der Waals surface area contributed by atoms with Crippen LogP contribution in [0.4, 0.5) is 0 Å². The third-order valence-electron chi connectivity index (χ3n) is 4.92. The monoisotopic (exact) mass is 432 g/mol. The summed E-state index contributed by atoms with van der Waals surface area (Å²) in [5.41, 5.74) is 1.48. The Morgan fingerprint density at radius 3 is 2.60 bits per heavy atom. The number of pyridine rings is 1. The van der Waals surface area contributed by atoms with Crippen LogP contribution in [0.15, 0.2) is 45.4 Å². The van der Waals surface area contributed by atoms with Gasteiger partial charge in [0.2, 0.25) is 0 Å². The van der Waals surface area contributed by atoms with Gasteiger partial charge in [-0.15, -0.1) is 0 Å². The lowest BCUT2D eigenvalue weighted by Crippen LogP contribution is -2.31. The number of hydrogen-bond donors (Lipinski definition) is 2. The number of sulfone groups is 1. The van der Waals surface area contributed by atoms with E-state index in [1.54, 1.807) is 6.07 Å². The van der Waals surface area contributed by atoms with Gasteiger partial charge in [0, 0.05) is 23.7 Å². The van der Waals surface area contributed by atoms with Crippen LogP contribution in [-0.4, -0.2) is 40.1 Å². The van der Waals surface area contributed by atoms with Crippen LogP contribution in [0.1, 0.15) is 34.5 Å². The Hall–Kier alpha value is -3.07. The number of hydrogen-bond acceptors (Lipinski definition) is 6. The lowest BCUT2D eigenvalue weighted by atomic mass is 9.95. The van der Waals surface area contributed by atoms with Crippen LogP contribution in [0, 0.1) is 0 Å². The van der Waals surface area contributed by atoms with Crippen LogP contribution >= 0.6 is 0 Å². The quantitative estimate of drug-likeness (QED) is 0.692. The number of H-pyrrole nitrogens is 1. The van der Waals surface area contributed by atoms with Gasteiger partial charge in [0.1, 0.15) is 5.56 Å². The Balaban J connectivity index is 1.67. The number of methoxy groups -OCH3 is 2. The van der Waals surface area contributed by atoms with Crippen molar-refractivity contribution in [3.8, 4) is 11.5 Å². The third kappa shape index (κ3) is 4.73. The van der Waals surface area contributed by atoms with Crippen molar-refractivity contribution in [3.05, 3.63) is 62.9 Å². The molecule has 1 aliphatic carbocycles. The van der Waals surface area contributed by atoms with Gasteiger partial charge < -0.3 is 19.8 Å². The molecule has 0 unspecified atom stereocenters. The van der Waals surface area contributed by atoms with E-state index in [1.165, 1.54) is 38.5 Å². The number of amides is 1. The largest absolute Gasteiger partial charge is 0.493 e. The van der Waals surface area contributed by atoms with E-state index in [2.05, 4.69) is 10.3 Å². The van der Waals surface area contributed by atoms with Gasteiger partial charge in [-0.1, -0.05) is 6.08 Å². The number of rotatable bonds is 7. The lowest BCUT2D eigenvalue weighted by molar-refractivity contribution is 0.0956. The summed E-state index contributed by atoms with van der Waals surface area (Å²) < 4.78 is 35.2. The van der Waals surface area contributed by atoms with Gasteiger partial charge in [-0.25, -0.2) is 8.42 Å². The van der Waals surface area contributed by atoms with Crippen molar-refractivity contribution >= 4 is 15.7 Å². The maximum Gasteiger partial charge on any atom is 0.261 e. The fourth-order valence-electron chi connectivity index (χ4n) is 3.34. The van der Waals surface area contributed by atoms with E-state index >= 15 is 0 Å². The highest BCUT2D eigenvalue weighted by Gasteiger charge is 2.17. The zero-order valence-electron chi connectivity index (χ0n) is 16.9. The first kappa shape index (κ1) is 21.6. The van der Waals surface area contributed by atoms with Crippen LogP contribution in [-0.2, 0) is 22.7 Å². The second kappa shape index (κ2) is 9.17. The summed E-state index contributed by atoms with van der Waals surface area (Å²) in [5.74, 6) is 0.174. The molecule has 9 heteroatoms. The molecule has 0 spiro atoms. The summed E-state index contributed by atoms with van der Waals surface area (Å²) in [5, 5.41) is 3.56. The van der Waals surface area contributed by atoms with Crippen molar-refractivity contribution in [2.45, 2.75) is 30.6 Å². The van der Waals surface area contributed by atoms with Crippen molar-refractivity contribution in [1.82, 2.24) is 10.3 Å². The minimum absolute atomic E-state index is 0.0341. The first-order chi connectivity index (χ1) is 14.4. The molecule has 1 amide bonds. The maximum absolute atomic E-state index is 12.5. The summed E-state index contributed by atoms with van der Waals surface area (Å²) in [7, 11) is -0.857. The first-order valence-corrected chi connectivity index (χ1v) is 11.1. The molecule has 2 N–H and O–H groups in total. The van der Waals surface area contributed by atoms with Crippen LogP contribution in [0.5, 0.6) is 11.5 Å². The smallest absolute Gasteiger partial charge is 0.261 e. The molecule has 0 atom stereocenters. The highest BCUT2D eigenvalue weighted by molar-refractivity contribution is 7.94. The van der Waals surface area contributed by atoms with Crippen LogP contribution in [0.3, 0.4) is 0 Å². The van der Waals surface area contributed by atoms with Gasteiger partial charge in [-0.2, -0.15) is 0 Å². The average Bonchev–Trinajstić information content (AvgIpc) is 2.75. The molecule has 0 radical (unpaired) electrons. The third-order valence-corrected chi connectivity index (χ3v) is 6.38. The number of aromatic amines is 1. The van der Waals surface area contributed by atoms with E-state index in [9.17, 15) is 18.0 Å². The lowest BCUT2D eigenvalue weighted by Gasteiger charge is -2.15. The van der Waals surface area contributed by atoms with E-state index in [4.69, 9.17) is 9.47 Å². The standard InChI is InChI=1S/C21H24N2O6S/c1-28-18-9-8-15(13-19(18)29-2)30(26,27)11-5-10-22-20(24)16-12-14-6-3-4-7-17(14)23-21(16)25/h5,8-9,11-13H,3-4,6-7,10H2,1-2H3,(H,22,24)(H,23,25)/b11-5+. The maximum atomic E-state index is 12.5. The first-order valence-electron chi connectivity index (χ1n) is 9.52. The van der Waals surface area contributed by atoms with E-state index in [0.717, 1.165) is 42.3 Å². The molecule has 160 valence electrons. The van der Waals surface area contributed by atoms with Gasteiger partial charge >= 0.3 is 0 Å². The molecular weight excluding hydrogens is 408 g/mol. The summed E-state index contributed by atoms with van der Waals surface area (Å²) in [6.07, 6.45) is 5.00. The Labute approximate surface area is 174 Å². The number of benzene rings is 1. The van der Waals surface area contributed by atoms with Gasteiger partial charge in [0.25, 0.3) is 11.5 Å². The Kier molecular flexibility index (Phi) is 6.61. The van der Waals surface area contributed by atoms with E-state index in [1.807, 2.05) is 0 Å². The molecule has 8 nitrogen and oxygen atoms in total. The zero-order chi connectivity index (χ0) is 21.7. The Morgan fingerprint density at radius 1 is 1.13 bits per heavy atom. The molecule has 1 aromatic heterocycles. The van der Waals surface area contributed by atoms with E-state index in [-0.39, 0.29) is 17.0 Å². The molecule has 30 heavy (non-hydrogen) atoms. The molecule has 0 saturated heterocycles. The molecule has 2 aromatic rings. The average molecular weight is 432 g/mol. The van der Waals surface area contributed by atoms with Gasteiger partial charge in [-0.3, -0.25) is 9.59 Å². The molecule has 0 bridgehead atoms. The minimum atomic E-state index is -3.74. The number of aromatic nitrogens is 1. The summed E-state index contributed by atoms with van der Waals surface area (Å²) in [6.45, 7) is -0.0398. The normalized spacial score (nSPS) is 13.7. The number of carbonyl (C=O) groups excluding carboxylic acids is 1. The van der Waals surface area contributed by atoms with Crippen molar-refractivity contribution in [1.29, 1.82) is 0 Å². The number of carbonyl (C=O) groups is 1. The SMILES string of the molecule is COc1ccc(S(=O)(=O)/C=C/CNC(=O)c2cc3c([nH]c2=O)CCCC3)cc1OC. The van der Waals surface area contributed by atoms with E-state index < -0.39 is 21.3 Å². The number of aryl methyl sites for hydroxylation is 2. The fourth-order valence-corrected chi connectivity index (χ4v) is 4.37. The highest BCUT2D eigenvalue weighted by atomic mass is 32.2. The van der Waals surface area contributed by atoms with Crippen LogP contribution in [0.25, 0.3) is 0 Å². The van der Waals surface area contributed by atoms with Crippen molar-refractivity contribution in [2.75, 3.05) is 20.8 Å². The second-order valence-electron chi connectivity index (χ2n) is 6.87. The Bertz CT molecular complexity index is 1130. The predicted octanol–water partition coefficient (Wildman–Crippen LogP) is 1.99. The second-order valence-corrected chi connectivity index (χ2v) is 8.70. The summed E-state index contributed by atoms with van der Waals surface area (Å²) in [4.78, 5) is 27.3. The summed E-state index contributed by atoms with van der Waals surface area (Å²) >= 11 is 0. The molecular formula is C21H24N2O6S. The van der Waals surface area contributed by atoms with Gasteiger partial charge in [0.15, 0.2) is 21.3 Å². The number of ether oxygens (including phenoxy) is 2. The predicted molar refractivity (Wildman–Crippen MR) is 112 cm³/mol. The van der Waals surface area contributed by atoms with Gasteiger partial charge in [0.05, 0.1) is 19.1 Å². The highest BCUT2D eigenvalue weighted by Crippen LogP contribution is 2.30. The Morgan fingerprint density at radius 2 is 1.87 bits per heavy atom. The fraction of sp³-hybridized carbons (Fsp3) is 0.333. The molecule has 0 fully saturated rings. The minimum Gasteiger partial charge on any atom is -0.493 e. The zero-order valence-corrected chi connectivity index (χ0v) is 17.7. The van der Waals surface area contributed by atoms with E-state index in [0.29, 0.717) is 11.5 Å². The van der Waals surface area contributed by atoms with Crippen molar-refractivity contribution in [2.24, 2.45) is 0 Å². The number of fused-ring (bicyclic) bond motifs is 1. The van der Waals surface area contributed by atoms with Crippen molar-refractivity contribution in [3.63, 3.8) is 0 Å². The van der Waals surface area contributed by atoms with Crippen LogP contribution < -0.4 is 20.3 Å². The molecule has 3 rings (SSSR count). The molecule has 1 aliphatic rings. The van der Waals surface area contributed by atoms with Crippen molar-refractivity contribution < 1.29 is 22.7 Å². The molecule has 1 aromatic carbocycles. The topological polar surface area (TPSA) is 115 Å². The van der Waals surface area contributed by atoms with Gasteiger partial charge in [-0.05, 0) is 49.4 Å². The molecule has 1 heterocycles. The molecule has 0 aliphatic heterocycles. The summed E-state index contributed by atoms with van der Waals surface area (Å²) in [6, 6.07) is 5.91.